The van der Waals surface area contributed by atoms with E-state index in [1.54, 1.807) is 0 Å². The Balaban J connectivity index is 1.52. The Morgan fingerprint density at radius 2 is 0.789 bits per heavy atom. The second-order valence-electron chi connectivity index (χ2n) is 9.26. The van der Waals surface area contributed by atoms with Crippen LogP contribution >= 0.6 is 31.9 Å². The molecule has 0 radical (unpaired) electrons. The molecule has 0 aliphatic heterocycles. The third-order valence-corrected chi connectivity index (χ3v) is 8.08. The standard InChI is InChI=1S/C36H24Br2/c37-32-23-30(29-18-10-17-28(21-29)25-11-4-1-5-12-25)22-31(24-32)33-19-20-34(26-13-6-2-7-14-26)36(38)35(33)27-15-8-3-9-16-27/h1-24H. The number of benzene rings is 6. The molecule has 0 aliphatic rings. The van der Waals surface area contributed by atoms with Crippen molar-refractivity contribution in [3.05, 3.63) is 155 Å². The minimum atomic E-state index is 1.05. The fourth-order valence-corrected chi connectivity index (χ4v) is 6.26. The molecule has 6 aromatic carbocycles. The molecule has 2 heteroatoms. The fourth-order valence-electron chi connectivity index (χ4n) is 4.97. The van der Waals surface area contributed by atoms with E-state index in [9.17, 15) is 0 Å². The van der Waals surface area contributed by atoms with Crippen LogP contribution in [-0.2, 0) is 0 Å². The smallest absolute Gasteiger partial charge is 0.0338 e. The van der Waals surface area contributed by atoms with E-state index >= 15 is 0 Å². The largest absolute Gasteiger partial charge is 0.0622 e. The van der Waals surface area contributed by atoms with Crippen LogP contribution in [0.4, 0.5) is 0 Å². The first kappa shape index (κ1) is 24.6. The van der Waals surface area contributed by atoms with Crippen LogP contribution in [0, 0.1) is 0 Å². The summed E-state index contributed by atoms with van der Waals surface area (Å²) in [6.07, 6.45) is 0. The van der Waals surface area contributed by atoms with Gasteiger partial charge in [0.1, 0.15) is 0 Å². The molecule has 0 saturated carbocycles. The summed E-state index contributed by atoms with van der Waals surface area (Å²) in [5.41, 5.74) is 11.9. The molecule has 6 aromatic rings. The lowest BCUT2D eigenvalue weighted by molar-refractivity contribution is 1.52. The van der Waals surface area contributed by atoms with E-state index in [1.165, 1.54) is 55.6 Å². The van der Waals surface area contributed by atoms with Crippen LogP contribution in [-0.4, -0.2) is 0 Å². The summed E-state index contributed by atoms with van der Waals surface area (Å²) in [5, 5.41) is 0. The normalized spacial score (nSPS) is 10.9. The van der Waals surface area contributed by atoms with Crippen molar-refractivity contribution < 1.29 is 0 Å². The van der Waals surface area contributed by atoms with Crippen LogP contribution in [0.2, 0.25) is 0 Å². The van der Waals surface area contributed by atoms with E-state index in [0.717, 1.165) is 8.95 Å². The van der Waals surface area contributed by atoms with Crippen molar-refractivity contribution >= 4 is 31.9 Å². The van der Waals surface area contributed by atoms with Crippen molar-refractivity contribution in [1.29, 1.82) is 0 Å². The molecule has 182 valence electrons. The summed E-state index contributed by atoms with van der Waals surface area (Å²) >= 11 is 7.82. The summed E-state index contributed by atoms with van der Waals surface area (Å²) in [4.78, 5) is 0. The first-order valence-corrected chi connectivity index (χ1v) is 14.2. The van der Waals surface area contributed by atoms with Crippen LogP contribution in [0.15, 0.2) is 155 Å². The first-order chi connectivity index (χ1) is 18.7. The van der Waals surface area contributed by atoms with E-state index in [0.29, 0.717) is 0 Å². The summed E-state index contributed by atoms with van der Waals surface area (Å²) < 4.78 is 2.15. The molecule has 38 heavy (non-hydrogen) atoms. The first-order valence-electron chi connectivity index (χ1n) is 12.6. The summed E-state index contributed by atoms with van der Waals surface area (Å²) in [5.74, 6) is 0. The molecule has 0 aliphatic carbocycles. The molecule has 0 nitrogen and oxygen atoms in total. The molecular formula is C36H24Br2. The van der Waals surface area contributed by atoms with Gasteiger partial charge in [-0.1, -0.05) is 137 Å². The maximum absolute atomic E-state index is 4.01. The van der Waals surface area contributed by atoms with Crippen molar-refractivity contribution in [2.45, 2.75) is 0 Å². The van der Waals surface area contributed by atoms with Gasteiger partial charge in [-0.2, -0.15) is 0 Å². The van der Waals surface area contributed by atoms with Gasteiger partial charge in [0, 0.05) is 14.5 Å². The van der Waals surface area contributed by atoms with Gasteiger partial charge < -0.3 is 0 Å². The van der Waals surface area contributed by atoms with Crippen LogP contribution < -0.4 is 0 Å². The van der Waals surface area contributed by atoms with Gasteiger partial charge in [-0.25, -0.2) is 0 Å². The molecule has 0 bridgehead atoms. The highest BCUT2D eigenvalue weighted by atomic mass is 79.9. The summed E-state index contributed by atoms with van der Waals surface area (Å²) in [6, 6.07) is 51.6. The quantitative estimate of drug-likeness (QED) is 0.181. The monoisotopic (exact) mass is 614 g/mol. The average molecular weight is 616 g/mol. The van der Waals surface area contributed by atoms with Gasteiger partial charge in [0.15, 0.2) is 0 Å². The van der Waals surface area contributed by atoms with E-state index < -0.39 is 0 Å². The summed E-state index contributed by atoms with van der Waals surface area (Å²) in [7, 11) is 0. The molecule has 0 unspecified atom stereocenters. The van der Waals surface area contributed by atoms with Crippen molar-refractivity contribution in [3.63, 3.8) is 0 Å². The molecule has 0 N–H and O–H groups in total. The molecule has 6 rings (SSSR count). The molecule has 0 aromatic heterocycles. The Labute approximate surface area is 240 Å². The zero-order valence-electron chi connectivity index (χ0n) is 20.6. The van der Waals surface area contributed by atoms with Crippen molar-refractivity contribution in [2.24, 2.45) is 0 Å². The van der Waals surface area contributed by atoms with E-state index in [-0.39, 0.29) is 0 Å². The Kier molecular flexibility index (Phi) is 7.09. The Morgan fingerprint density at radius 3 is 1.45 bits per heavy atom. The molecule has 0 amide bonds. The van der Waals surface area contributed by atoms with Crippen molar-refractivity contribution in [2.75, 3.05) is 0 Å². The number of halogens is 2. The maximum atomic E-state index is 4.01. The second-order valence-corrected chi connectivity index (χ2v) is 11.0. The minimum Gasteiger partial charge on any atom is -0.0622 e. The Morgan fingerprint density at radius 1 is 0.316 bits per heavy atom. The van der Waals surface area contributed by atoms with Crippen molar-refractivity contribution in [1.82, 2.24) is 0 Å². The van der Waals surface area contributed by atoms with Crippen LogP contribution in [0.3, 0.4) is 0 Å². The molecule has 0 fully saturated rings. The third-order valence-electron chi connectivity index (χ3n) is 6.80. The van der Waals surface area contributed by atoms with Gasteiger partial charge >= 0.3 is 0 Å². The highest BCUT2D eigenvalue weighted by molar-refractivity contribution is 9.11. The zero-order chi connectivity index (χ0) is 25.9. The minimum absolute atomic E-state index is 1.05. The Bertz CT molecular complexity index is 1710. The van der Waals surface area contributed by atoms with Crippen LogP contribution in [0.1, 0.15) is 0 Å². The average Bonchev–Trinajstić information content (AvgIpc) is 2.98. The second kappa shape index (κ2) is 10.9. The highest BCUT2D eigenvalue weighted by Gasteiger charge is 2.17. The summed E-state index contributed by atoms with van der Waals surface area (Å²) in [6.45, 7) is 0. The third kappa shape index (κ3) is 5.03. The number of hydrogen-bond acceptors (Lipinski definition) is 0. The highest BCUT2D eigenvalue weighted by Crippen LogP contribution is 2.44. The van der Waals surface area contributed by atoms with Crippen molar-refractivity contribution in [3.8, 4) is 55.6 Å². The Hall–Kier alpha value is -3.72. The molecule has 0 spiro atoms. The van der Waals surface area contributed by atoms with Crippen LogP contribution in [0.5, 0.6) is 0 Å². The van der Waals surface area contributed by atoms with Gasteiger partial charge in [0.05, 0.1) is 0 Å². The van der Waals surface area contributed by atoms with Crippen LogP contribution in [0.25, 0.3) is 55.6 Å². The predicted molar refractivity (Wildman–Crippen MR) is 169 cm³/mol. The van der Waals surface area contributed by atoms with Gasteiger partial charge in [-0.3, -0.25) is 0 Å². The lowest BCUT2D eigenvalue weighted by atomic mass is 9.89. The van der Waals surface area contributed by atoms with Gasteiger partial charge in [0.2, 0.25) is 0 Å². The maximum Gasteiger partial charge on any atom is 0.0338 e. The van der Waals surface area contributed by atoms with E-state index in [4.69, 9.17) is 0 Å². The lowest BCUT2D eigenvalue weighted by Crippen LogP contribution is -1.92. The number of hydrogen-bond donors (Lipinski definition) is 0. The van der Waals surface area contributed by atoms with Gasteiger partial charge in [0.25, 0.3) is 0 Å². The predicted octanol–water partition coefficient (Wildman–Crippen LogP) is 11.5. The lowest BCUT2D eigenvalue weighted by Gasteiger charge is -2.18. The topological polar surface area (TPSA) is 0 Å². The molecule has 0 saturated heterocycles. The number of rotatable bonds is 5. The SMILES string of the molecule is Brc1cc(-c2cccc(-c3ccccc3)c2)cc(-c2ccc(-c3ccccc3)c(Br)c2-c2ccccc2)c1. The molecule has 0 heterocycles. The molecular weight excluding hydrogens is 592 g/mol. The molecule has 0 atom stereocenters. The van der Waals surface area contributed by atoms with Gasteiger partial charge in [-0.15, -0.1) is 0 Å². The van der Waals surface area contributed by atoms with E-state index in [1.807, 2.05) is 0 Å². The van der Waals surface area contributed by atoms with Gasteiger partial charge in [-0.05, 0) is 90.3 Å². The van der Waals surface area contributed by atoms with E-state index in [2.05, 4.69) is 177 Å². The fraction of sp³-hybridized carbons (Fsp3) is 0. The zero-order valence-corrected chi connectivity index (χ0v) is 23.8.